The van der Waals surface area contributed by atoms with Crippen LogP contribution in [0.25, 0.3) is 0 Å². The van der Waals surface area contributed by atoms with Gasteiger partial charge in [0.15, 0.2) is 6.04 Å². The lowest BCUT2D eigenvalue weighted by Gasteiger charge is -2.15. The van der Waals surface area contributed by atoms with Crippen molar-refractivity contribution in [2.75, 3.05) is 12.4 Å². The van der Waals surface area contributed by atoms with Crippen molar-refractivity contribution >= 4 is 23.5 Å². The number of rotatable bonds is 8. The highest BCUT2D eigenvalue weighted by Crippen LogP contribution is 2.19. The van der Waals surface area contributed by atoms with Crippen LogP contribution in [0.5, 0.6) is 11.5 Å². The van der Waals surface area contributed by atoms with E-state index < -0.39 is 17.9 Å². The first-order chi connectivity index (χ1) is 15.4. The zero-order valence-corrected chi connectivity index (χ0v) is 17.2. The first-order valence-electron chi connectivity index (χ1n) is 9.71. The van der Waals surface area contributed by atoms with Crippen LogP contribution in [-0.2, 0) is 16.0 Å². The van der Waals surface area contributed by atoms with Gasteiger partial charge in [0.25, 0.3) is 5.91 Å². The maximum Gasteiger partial charge on any atom is 0.330 e. The van der Waals surface area contributed by atoms with Crippen LogP contribution in [0, 0.1) is 0 Å². The standard InChI is InChI=1S/C24H22N2O6/c1-32-20-12-2-15(3-13-20)14-21(28)25-18-8-4-17(5-9-18)23(29)26-22(24(30)31)16-6-10-19(27)11-7-16/h2-13,22,27H,14H2,1H3,(H,25,28)(H,26,29)(H,30,31)/t22-/m0/s1. The summed E-state index contributed by atoms with van der Waals surface area (Å²) < 4.78 is 5.09. The topological polar surface area (TPSA) is 125 Å². The highest BCUT2D eigenvalue weighted by atomic mass is 16.5. The summed E-state index contributed by atoms with van der Waals surface area (Å²) in [6.45, 7) is 0. The summed E-state index contributed by atoms with van der Waals surface area (Å²) in [7, 11) is 1.57. The quantitative estimate of drug-likeness (QED) is 0.432. The Morgan fingerprint density at radius 2 is 1.53 bits per heavy atom. The van der Waals surface area contributed by atoms with E-state index in [0.717, 1.165) is 5.56 Å². The van der Waals surface area contributed by atoms with E-state index in [2.05, 4.69) is 10.6 Å². The summed E-state index contributed by atoms with van der Waals surface area (Å²) in [6.07, 6.45) is 0.180. The number of nitrogens with one attached hydrogen (secondary N) is 2. The number of aromatic hydroxyl groups is 1. The molecule has 8 nitrogen and oxygen atoms in total. The van der Waals surface area contributed by atoms with E-state index in [4.69, 9.17) is 4.74 Å². The van der Waals surface area contributed by atoms with Gasteiger partial charge >= 0.3 is 5.97 Å². The summed E-state index contributed by atoms with van der Waals surface area (Å²) in [5.41, 5.74) is 1.90. The van der Waals surface area contributed by atoms with Crippen molar-refractivity contribution in [2.24, 2.45) is 0 Å². The molecule has 0 unspecified atom stereocenters. The Bertz CT molecular complexity index is 1090. The lowest BCUT2D eigenvalue weighted by atomic mass is 10.1. The highest BCUT2D eigenvalue weighted by molar-refractivity contribution is 5.98. The molecular formula is C24H22N2O6. The average molecular weight is 434 g/mol. The van der Waals surface area contributed by atoms with E-state index in [1.54, 1.807) is 43.5 Å². The number of benzene rings is 3. The van der Waals surface area contributed by atoms with Crippen molar-refractivity contribution in [1.82, 2.24) is 5.32 Å². The van der Waals surface area contributed by atoms with E-state index in [1.165, 1.54) is 36.4 Å². The van der Waals surface area contributed by atoms with Gasteiger partial charge in [-0.15, -0.1) is 0 Å². The monoisotopic (exact) mass is 434 g/mol. The second-order valence-electron chi connectivity index (χ2n) is 6.99. The molecule has 0 radical (unpaired) electrons. The number of carboxylic acid groups (broad SMARTS) is 1. The number of hydrogen-bond donors (Lipinski definition) is 4. The van der Waals surface area contributed by atoms with Gasteiger partial charge in [-0.2, -0.15) is 0 Å². The van der Waals surface area contributed by atoms with Gasteiger partial charge in [-0.05, 0) is 59.7 Å². The molecule has 4 N–H and O–H groups in total. The average Bonchev–Trinajstić information content (AvgIpc) is 2.79. The van der Waals surface area contributed by atoms with Gasteiger partial charge in [-0.3, -0.25) is 9.59 Å². The Balaban J connectivity index is 1.61. The molecular weight excluding hydrogens is 412 g/mol. The highest BCUT2D eigenvalue weighted by Gasteiger charge is 2.22. The van der Waals surface area contributed by atoms with Crippen LogP contribution in [0.3, 0.4) is 0 Å². The van der Waals surface area contributed by atoms with Gasteiger partial charge in [0.1, 0.15) is 11.5 Å². The van der Waals surface area contributed by atoms with Crippen LogP contribution in [0.4, 0.5) is 5.69 Å². The number of carbonyl (C=O) groups is 3. The Labute approximate surface area is 184 Å². The number of anilines is 1. The number of hydrogen-bond acceptors (Lipinski definition) is 5. The molecule has 2 amide bonds. The number of aliphatic carboxylic acids is 1. The molecule has 0 fully saturated rings. The Morgan fingerprint density at radius 1 is 0.906 bits per heavy atom. The van der Waals surface area contributed by atoms with Crippen molar-refractivity contribution in [3.05, 3.63) is 89.5 Å². The maximum atomic E-state index is 12.5. The molecule has 164 valence electrons. The van der Waals surface area contributed by atoms with E-state index >= 15 is 0 Å². The predicted molar refractivity (Wildman–Crippen MR) is 118 cm³/mol. The first kappa shape index (κ1) is 22.4. The number of carbonyl (C=O) groups excluding carboxylic acids is 2. The molecule has 8 heteroatoms. The zero-order chi connectivity index (χ0) is 23.1. The normalized spacial score (nSPS) is 11.3. The summed E-state index contributed by atoms with van der Waals surface area (Å²) in [5.74, 6) is -1.33. The minimum absolute atomic E-state index is 0.00570. The van der Waals surface area contributed by atoms with Gasteiger partial charge in [-0.1, -0.05) is 24.3 Å². The van der Waals surface area contributed by atoms with Gasteiger partial charge in [0, 0.05) is 11.3 Å². The minimum atomic E-state index is -1.27. The van der Waals surface area contributed by atoms with Crippen molar-refractivity contribution < 1.29 is 29.3 Å². The Morgan fingerprint density at radius 3 is 2.09 bits per heavy atom. The minimum Gasteiger partial charge on any atom is -0.508 e. The van der Waals surface area contributed by atoms with E-state index in [1.807, 2.05) is 0 Å². The summed E-state index contributed by atoms with van der Waals surface area (Å²) in [6, 6.07) is 17.6. The number of carboxylic acids is 1. The molecule has 0 aliphatic heterocycles. The second kappa shape index (κ2) is 10.1. The molecule has 0 heterocycles. The molecule has 0 bridgehead atoms. The zero-order valence-electron chi connectivity index (χ0n) is 17.2. The number of ether oxygens (including phenoxy) is 1. The third-order valence-electron chi connectivity index (χ3n) is 4.70. The molecule has 1 atom stereocenters. The van der Waals surface area contributed by atoms with Gasteiger partial charge in [-0.25, -0.2) is 4.79 Å². The lowest BCUT2D eigenvalue weighted by molar-refractivity contribution is -0.139. The molecule has 3 aromatic carbocycles. The van der Waals surface area contributed by atoms with E-state index in [-0.39, 0.29) is 23.6 Å². The molecule has 0 aliphatic rings. The molecule has 0 aliphatic carbocycles. The number of phenolic OH excluding ortho intramolecular Hbond substituents is 1. The largest absolute Gasteiger partial charge is 0.508 e. The predicted octanol–water partition coefficient (Wildman–Crippen LogP) is 3.14. The summed E-state index contributed by atoms with van der Waals surface area (Å²) in [5, 5.41) is 24.0. The smallest absolute Gasteiger partial charge is 0.330 e. The van der Waals surface area contributed by atoms with Crippen LogP contribution >= 0.6 is 0 Å². The second-order valence-corrected chi connectivity index (χ2v) is 6.99. The maximum absolute atomic E-state index is 12.5. The molecule has 3 aromatic rings. The van der Waals surface area contributed by atoms with Gasteiger partial charge in [0.2, 0.25) is 5.91 Å². The molecule has 32 heavy (non-hydrogen) atoms. The lowest BCUT2D eigenvalue weighted by Crippen LogP contribution is -2.33. The number of methoxy groups -OCH3 is 1. The Hall–Kier alpha value is -4.33. The molecule has 0 saturated carbocycles. The molecule has 3 rings (SSSR count). The molecule has 0 saturated heterocycles. The Kier molecular flexibility index (Phi) is 7.07. The first-order valence-corrected chi connectivity index (χ1v) is 9.71. The van der Waals surface area contributed by atoms with Crippen molar-refractivity contribution in [2.45, 2.75) is 12.5 Å². The van der Waals surface area contributed by atoms with Crippen LogP contribution in [0.2, 0.25) is 0 Å². The van der Waals surface area contributed by atoms with Crippen molar-refractivity contribution in [3.8, 4) is 11.5 Å². The fraction of sp³-hybridized carbons (Fsp3) is 0.125. The van der Waals surface area contributed by atoms with Crippen molar-refractivity contribution in [3.63, 3.8) is 0 Å². The SMILES string of the molecule is COc1ccc(CC(=O)Nc2ccc(C(=O)N[C@H](C(=O)O)c3ccc(O)cc3)cc2)cc1. The van der Waals surface area contributed by atoms with Gasteiger partial charge < -0.3 is 25.6 Å². The van der Waals surface area contributed by atoms with E-state index in [0.29, 0.717) is 17.0 Å². The van der Waals surface area contributed by atoms with Crippen LogP contribution in [-0.4, -0.2) is 35.1 Å². The molecule has 0 spiro atoms. The fourth-order valence-corrected chi connectivity index (χ4v) is 3.01. The van der Waals surface area contributed by atoms with Crippen LogP contribution < -0.4 is 15.4 Å². The van der Waals surface area contributed by atoms with Crippen LogP contribution in [0.1, 0.15) is 27.5 Å². The van der Waals surface area contributed by atoms with Crippen molar-refractivity contribution in [1.29, 1.82) is 0 Å². The molecule has 0 aromatic heterocycles. The van der Waals surface area contributed by atoms with Crippen LogP contribution in [0.15, 0.2) is 72.8 Å². The fourth-order valence-electron chi connectivity index (χ4n) is 3.01. The van der Waals surface area contributed by atoms with Gasteiger partial charge in [0.05, 0.1) is 13.5 Å². The third-order valence-corrected chi connectivity index (χ3v) is 4.70. The number of amides is 2. The summed E-state index contributed by atoms with van der Waals surface area (Å²) in [4.78, 5) is 36.3. The van der Waals surface area contributed by atoms with E-state index in [9.17, 15) is 24.6 Å². The number of phenols is 1. The summed E-state index contributed by atoms with van der Waals surface area (Å²) >= 11 is 0. The third kappa shape index (κ3) is 5.85.